The number of aromatic nitrogens is 2. The summed E-state index contributed by atoms with van der Waals surface area (Å²) in [7, 11) is 0. The van der Waals surface area contributed by atoms with E-state index in [9.17, 15) is 0 Å². The van der Waals surface area contributed by atoms with Gasteiger partial charge in [-0.15, -0.1) is 0 Å². The number of nitrogens with one attached hydrogen (secondary N) is 1. The number of hydrogen-bond acceptors (Lipinski definition) is 2. The topological polar surface area (TPSA) is 29.3 Å². The highest BCUT2D eigenvalue weighted by Crippen LogP contribution is 2.30. The zero-order valence-corrected chi connectivity index (χ0v) is 11.7. The Kier molecular flexibility index (Phi) is 3.72. The van der Waals surface area contributed by atoms with Crippen molar-refractivity contribution in [2.75, 3.05) is 11.9 Å². The van der Waals surface area contributed by atoms with Crippen LogP contribution in [0.25, 0.3) is 5.65 Å². The molecule has 0 bridgehead atoms. The molecular formula is C16H23N3. The van der Waals surface area contributed by atoms with E-state index in [0.717, 1.165) is 29.8 Å². The number of pyridine rings is 1. The van der Waals surface area contributed by atoms with Gasteiger partial charge < -0.3 is 5.32 Å². The molecule has 0 unspecified atom stereocenters. The minimum atomic E-state index is 0.922. The molecule has 1 N–H and O–H groups in total. The van der Waals surface area contributed by atoms with Crippen LogP contribution in [0.2, 0.25) is 0 Å². The summed E-state index contributed by atoms with van der Waals surface area (Å²) in [5, 5.41) is 3.56. The highest BCUT2D eigenvalue weighted by molar-refractivity contribution is 5.49. The first-order valence-corrected chi connectivity index (χ1v) is 7.49. The smallest absolute Gasteiger partial charge is 0.138 e. The third-order valence-corrected chi connectivity index (χ3v) is 4.42. The molecule has 19 heavy (non-hydrogen) atoms. The van der Waals surface area contributed by atoms with Gasteiger partial charge in [-0.25, -0.2) is 4.98 Å². The van der Waals surface area contributed by atoms with E-state index in [0.29, 0.717) is 0 Å². The van der Waals surface area contributed by atoms with E-state index in [2.05, 4.69) is 33.8 Å². The summed E-state index contributed by atoms with van der Waals surface area (Å²) in [4.78, 5) is 4.31. The number of imidazole rings is 1. The Morgan fingerprint density at radius 2 is 2.11 bits per heavy atom. The predicted octanol–water partition coefficient (Wildman–Crippen LogP) is 3.96. The van der Waals surface area contributed by atoms with Crippen LogP contribution in [0.1, 0.15) is 39.0 Å². The molecular weight excluding hydrogens is 234 g/mol. The van der Waals surface area contributed by atoms with Crippen molar-refractivity contribution < 1.29 is 0 Å². The number of fused-ring (bicyclic) bond motifs is 1. The highest BCUT2D eigenvalue weighted by Gasteiger charge is 2.17. The van der Waals surface area contributed by atoms with Crippen molar-refractivity contribution >= 4 is 11.5 Å². The lowest BCUT2D eigenvalue weighted by molar-refractivity contribution is 0.282. The summed E-state index contributed by atoms with van der Waals surface area (Å²) >= 11 is 0. The maximum Gasteiger partial charge on any atom is 0.138 e. The molecule has 1 saturated carbocycles. The van der Waals surface area contributed by atoms with Crippen molar-refractivity contribution in [1.29, 1.82) is 0 Å². The number of rotatable bonds is 4. The number of hydrogen-bond donors (Lipinski definition) is 1. The van der Waals surface area contributed by atoms with E-state index in [-0.39, 0.29) is 0 Å². The van der Waals surface area contributed by atoms with Crippen LogP contribution in [0.15, 0.2) is 30.6 Å². The van der Waals surface area contributed by atoms with E-state index in [1.165, 1.54) is 32.1 Å². The minimum Gasteiger partial charge on any atom is -0.371 e. The molecule has 0 saturated heterocycles. The van der Waals surface area contributed by atoms with Gasteiger partial charge in [-0.1, -0.05) is 38.7 Å². The lowest BCUT2D eigenvalue weighted by Crippen LogP contribution is -2.16. The summed E-state index contributed by atoms with van der Waals surface area (Å²) in [6.45, 7) is 3.45. The second-order valence-electron chi connectivity index (χ2n) is 5.91. The van der Waals surface area contributed by atoms with Gasteiger partial charge >= 0.3 is 0 Å². The summed E-state index contributed by atoms with van der Waals surface area (Å²) in [6, 6.07) is 6.22. The summed E-state index contributed by atoms with van der Waals surface area (Å²) < 4.78 is 2.11. The van der Waals surface area contributed by atoms with Crippen molar-refractivity contribution in [1.82, 2.24) is 9.38 Å². The van der Waals surface area contributed by atoms with Gasteiger partial charge in [-0.05, 0) is 30.4 Å². The van der Waals surface area contributed by atoms with Gasteiger partial charge in [0.15, 0.2) is 0 Å². The number of nitrogens with zero attached hydrogens (tertiary/aromatic N) is 2. The molecule has 0 radical (unpaired) electrons. The second kappa shape index (κ2) is 5.64. The third-order valence-electron chi connectivity index (χ3n) is 4.42. The molecule has 2 aromatic heterocycles. The SMILES string of the molecule is CC1CCC(CCNc2cccc3nccn23)CC1. The summed E-state index contributed by atoms with van der Waals surface area (Å²) in [5.41, 5.74) is 1.01. The molecule has 0 spiro atoms. The molecule has 3 heteroatoms. The lowest BCUT2D eigenvalue weighted by Gasteiger charge is -2.26. The van der Waals surface area contributed by atoms with Gasteiger partial charge in [0.2, 0.25) is 0 Å². The van der Waals surface area contributed by atoms with Crippen LogP contribution >= 0.6 is 0 Å². The Morgan fingerprint density at radius 3 is 2.95 bits per heavy atom. The maximum atomic E-state index is 4.31. The van der Waals surface area contributed by atoms with E-state index in [1.807, 2.05) is 18.5 Å². The van der Waals surface area contributed by atoms with Crippen molar-refractivity contribution in [3.63, 3.8) is 0 Å². The van der Waals surface area contributed by atoms with Gasteiger partial charge in [0, 0.05) is 18.9 Å². The van der Waals surface area contributed by atoms with E-state index < -0.39 is 0 Å². The van der Waals surface area contributed by atoms with Crippen LogP contribution in [0.4, 0.5) is 5.82 Å². The first-order chi connectivity index (χ1) is 9.33. The van der Waals surface area contributed by atoms with Crippen molar-refractivity contribution in [3.05, 3.63) is 30.6 Å². The van der Waals surface area contributed by atoms with Crippen LogP contribution < -0.4 is 5.32 Å². The zero-order chi connectivity index (χ0) is 13.1. The Labute approximate surface area is 115 Å². The molecule has 1 fully saturated rings. The normalized spacial score (nSPS) is 23.6. The standard InChI is InChI=1S/C16H23N3/c1-13-5-7-14(8-6-13)9-10-17-15-3-2-4-16-18-11-12-19(15)16/h2-4,11-14,17H,5-10H2,1H3. The Bertz CT molecular complexity index is 524. The van der Waals surface area contributed by atoms with Crippen molar-refractivity contribution in [2.45, 2.75) is 39.0 Å². The second-order valence-corrected chi connectivity index (χ2v) is 5.91. The Balaban J connectivity index is 1.53. The first-order valence-electron chi connectivity index (χ1n) is 7.49. The van der Waals surface area contributed by atoms with E-state index in [4.69, 9.17) is 0 Å². The molecule has 1 aliphatic carbocycles. The van der Waals surface area contributed by atoms with Crippen LogP contribution in [0.3, 0.4) is 0 Å². The highest BCUT2D eigenvalue weighted by atomic mass is 15.1. The van der Waals surface area contributed by atoms with Gasteiger partial charge in [-0.2, -0.15) is 0 Å². The number of anilines is 1. The van der Waals surface area contributed by atoms with Gasteiger partial charge in [0.1, 0.15) is 11.5 Å². The first kappa shape index (κ1) is 12.5. The van der Waals surface area contributed by atoms with Crippen LogP contribution in [0, 0.1) is 11.8 Å². The minimum absolute atomic E-state index is 0.922. The predicted molar refractivity (Wildman–Crippen MR) is 79.4 cm³/mol. The average Bonchev–Trinajstić information content (AvgIpc) is 2.90. The Hall–Kier alpha value is -1.51. The fraction of sp³-hybridized carbons (Fsp3) is 0.562. The molecule has 0 amide bonds. The molecule has 1 aliphatic rings. The largest absolute Gasteiger partial charge is 0.371 e. The van der Waals surface area contributed by atoms with E-state index >= 15 is 0 Å². The fourth-order valence-corrected chi connectivity index (χ4v) is 3.11. The lowest BCUT2D eigenvalue weighted by atomic mass is 9.81. The maximum absolute atomic E-state index is 4.31. The van der Waals surface area contributed by atoms with E-state index in [1.54, 1.807) is 0 Å². The third kappa shape index (κ3) is 2.91. The monoisotopic (exact) mass is 257 g/mol. The summed E-state index contributed by atoms with van der Waals surface area (Å²) in [5.74, 6) is 3.02. The molecule has 3 nitrogen and oxygen atoms in total. The van der Waals surface area contributed by atoms with Crippen LogP contribution in [-0.4, -0.2) is 15.9 Å². The molecule has 0 atom stereocenters. The van der Waals surface area contributed by atoms with Gasteiger partial charge in [0.25, 0.3) is 0 Å². The average molecular weight is 257 g/mol. The van der Waals surface area contributed by atoms with Crippen LogP contribution in [0.5, 0.6) is 0 Å². The fourth-order valence-electron chi connectivity index (χ4n) is 3.11. The molecule has 2 heterocycles. The summed E-state index contributed by atoms with van der Waals surface area (Å²) in [6.07, 6.45) is 10.8. The van der Waals surface area contributed by atoms with Crippen molar-refractivity contribution in [3.8, 4) is 0 Å². The zero-order valence-electron chi connectivity index (χ0n) is 11.7. The molecule has 102 valence electrons. The van der Waals surface area contributed by atoms with Crippen LogP contribution in [-0.2, 0) is 0 Å². The van der Waals surface area contributed by atoms with Crippen molar-refractivity contribution in [2.24, 2.45) is 11.8 Å². The Morgan fingerprint density at radius 1 is 1.26 bits per heavy atom. The van der Waals surface area contributed by atoms with Gasteiger partial charge in [-0.3, -0.25) is 4.40 Å². The molecule has 0 aliphatic heterocycles. The van der Waals surface area contributed by atoms with Gasteiger partial charge in [0.05, 0.1) is 0 Å². The molecule has 0 aromatic carbocycles. The molecule has 3 rings (SSSR count). The quantitative estimate of drug-likeness (QED) is 0.898. The molecule has 2 aromatic rings.